The van der Waals surface area contributed by atoms with Gasteiger partial charge in [0.2, 0.25) is 11.8 Å². The molecular formula is C24H35N5O6S. The SMILES string of the molecule is CNC(=O)CCC(=O)NC(Cc1ccccc1)C(O)CN(C[C@H]1CCCO1)S(=O)(=O)c1cn(C)cn1. The number of aromatic nitrogens is 2. The summed E-state index contributed by atoms with van der Waals surface area (Å²) in [7, 11) is -0.858. The van der Waals surface area contributed by atoms with Crippen molar-refractivity contribution in [3.05, 3.63) is 48.4 Å². The first-order chi connectivity index (χ1) is 17.2. The quantitative estimate of drug-likeness (QED) is 0.342. The Kier molecular flexibility index (Phi) is 9.99. The van der Waals surface area contributed by atoms with Crippen molar-refractivity contribution in [3.63, 3.8) is 0 Å². The second-order valence-electron chi connectivity index (χ2n) is 8.94. The Labute approximate surface area is 211 Å². The number of sulfonamides is 1. The monoisotopic (exact) mass is 521 g/mol. The predicted molar refractivity (Wildman–Crippen MR) is 132 cm³/mol. The van der Waals surface area contributed by atoms with Gasteiger partial charge in [0.25, 0.3) is 10.0 Å². The zero-order valence-corrected chi connectivity index (χ0v) is 21.5. The topological polar surface area (TPSA) is 143 Å². The highest BCUT2D eigenvalue weighted by atomic mass is 32.2. The first-order valence-corrected chi connectivity index (χ1v) is 13.4. The number of benzene rings is 1. The van der Waals surface area contributed by atoms with E-state index in [2.05, 4.69) is 15.6 Å². The molecule has 1 aromatic carbocycles. The number of rotatable bonds is 13. The van der Waals surface area contributed by atoms with Gasteiger partial charge in [-0.1, -0.05) is 30.3 Å². The second kappa shape index (κ2) is 12.9. The predicted octanol–water partition coefficient (Wildman–Crippen LogP) is 0.204. The Balaban J connectivity index is 1.80. The third-order valence-electron chi connectivity index (χ3n) is 6.07. The van der Waals surface area contributed by atoms with Gasteiger partial charge in [0, 0.05) is 52.8 Å². The lowest BCUT2D eigenvalue weighted by Gasteiger charge is -2.30. The molecule has 0 aliphatic carbocycles. The zero-order chi connectivity index (χ0) is 26.1. The Morgan fingerprint density at radius 3 is 2.58 bits per heavy atom. The number of amides is 2. The maximum absolute atomic E-state index is 13.4. The average molecular weight is 522 g/mol. The van der Waals surface area contributed by atoms with Crippen LogP contribution in [0.5, 0.6) is 0 Å². The fraction of sp³-hybridized carbons (Fsp3) is 0.542. The summed E-state index contributed by atoms with van der Waals surface area (Å²) in [5.41, 5.74) is 0.867. The summed E-state index contributed by atoms with van der Waals surface area (Å²) in [6.45, 7) is 0.368. The van der Waals surface area contributed by atoms with E-state index in [0.29, 0.717) is 13.0 Å². The van der Waals surface area contributed by atoms with Gasteiger partial charge in [0.05, 0.1) is 24.6 Å². The number of carbonyl (C=O) groups excluding carboxylic acids is 2. The highest BCUT2D eigenvalue weighted by molar-refractivity contribution is 7.89. The van der Waals surface area contributed by atoms with Gasteiger partial charge in [-0.2, -0.15) is 4.31 Å². The van der Waals surface area contributed by atoms with Crippen molar-refractivity contribution in [2.24, 2.45) is 7.05 Å². The smallest absolute Gasteiger partial charge is 0.262 e. The van der Waals surface area contributed by atoms with Crippen LogP contribution in [0, 0.1) is 0 Å². The molecule has 3 N–H and O–H groups in total. The van der Waals surface area contributed by atoms with Crippen LogP contribution in [0.4, 0.5) is 0 Å². The van der Waals surface area contributed by atoms with E-state index in [1.54, 1.807) is 11.6 Å². The number of nitrogens with one attached hydrogen (secondary N) is 2. The molecule has 3 rings (SSSR count). The summed E-state index contributed by atoms with van der Waals surface area (Å²) >= 11 is 0. The first-order valence-electron chi connectivity index (χ1n) is 12.0. The Morgan fingerprint density at radius 2 is 1.97 bits per heavy atom. The minimum absolute atomic E-state index is 0.00961. The normalized spacial score (nSPS) is 17.6. The van der Waals surface area contributed by atoms with Crippen molar-refractivity contribution < 1.29 is 27.9 Å². The van der Waals surface area contributed by atoms with Gasteiger partial charge < -0.3 is 25.0 Å². The molecular weight excluding hydrogens is 486 g/mol. The maximum atomic E-state index is 13.4. The highest BCUT2D eigenvalue weighted by Gasteiger charge is 2.34. The zero-order valence-electron chi connectivity index (χ0n) is 20.7. The average Bonchev–Trinajstić information content (AvgIpc) is 3.54. The minimum atomic E-state index is -4.03. The maximum Gasteiger partial charge on any atom is 0.262 e. The van der Waals surface area contributed by atoms with E-state index < -0.39 is 28.1 Å². The summed E-state index contributed by atoms with van der Waals surface area (Å²) in [6, 6.07) is 8.51. The molecule has 1 saturated heterocycles. The van der Waals surface area contributed by atoms with E-state index in [1.165, 1.54) is 23.9 Å². The van der Waals surface area contributed by atoms with Crippen LogP contribution in [0.1, 0.15) is 31.2 Å². The Bertz CT molecular complexity index is 1100. The molecule has 36 heavy (non-hydrogen) atoms. The van der Waals surface area contributed by atoms with E-state index in [-0.39, 0.29) is 49.4 Å². The lowest BCUT2D eigenvalue weighted by Crippen LogP contribution is -2.51. The first kappa shape index (κ1) is 27.8. The lowest BCUT2D eigenvalue weighted by atomic mass is 10.0. The van der Waals surface area contributed by atoms with E-state index >= 15 is 0 Å². The van der Waals surface area contributed by atoms with Crippen molar-refractivity contribution in [2.75, 3.05) is 26.7 Å². The van der Waals surface area contributed by atoms with Crippen molar-refractivity contribution in [1.82, 2.24) is 24.5 Å². The number of aliphatic hydroxyl groups is 1. The molecule has 0 radical (unpaired) electrons. The van der Waals surface area contributed by atoms with Crippen LogP contribution in [0.25, 0.3) is 0 Å². The van der Waals surface area contributed by atoms with E-state index in [9.17, 15) is 23.1 Å². The number of aliphatic hydroxyl groups excluding tert-OH is 1. The number of nitrogens with zero attached hydrogens (tertiary/aromatic N) is 3. The van der Waals surface area contributed by atoms with Gasteiger partial charge in [-0.15, -0.1) is 0 Å². The van der Waals surface area contributed by atoms with Crippen molar-refractivity contribution in [3.8, 4) is 0 Å². The second-order valence-corrected chi connectivity index (χ2v) is 10.8. The third-order valence-corrected chi connectivity index (χ3v) is 7.79. The van der Waals surface area contributed by atoms with Crippen LogP contribution in [0.2, 0.25) is 0 Å². The van der Waals surface area contributed by atoms with Gasteiger partial charge in [0.1, 0.15) is 0 Å². The van der Waals surface area contributed by atoms with Gasteiger partial charge in [-0.05, 0) is 24.8 Å². The molecule has 2 amide bonds. The summed E-state index contributed by atoms with van der Waals surface area (Å²) in [6.07, 6.45) is 3.09. The highest BCUT2D eigenvalue weighted by Crippen LogP contribution is 2.20. The van der Waals surface area contributed by atoms with Gasteiger partial charge in [-0.25, -0.2) is 13.4 Å². The third kappa shape index (κ3) is 7.85. The van der Waals surface area contributed by atoms with E-state index in [4.69, 9.17) is 4.74 Å². The number of ether oxygens (including phenoxy) is 1. The number of imidazole rings is 1. The lowest BCUT2D eigenvalue weighted by molar-refractivity contribution is -0.127. The molecule has 2 unspecified atom stereocenters. The fourth-order valence-electron chi connectivity index (χ4n) is 4.06. The van der Waals surface area contributed by atoms with Crippen molar-refractivity contribution >= 4 is 21.8 Å². The molecule has 1 aromatic heterocycles. The standard InChI is InChI=1S/C24H35N5O6S/c1-25-22(31)10-11-23(32)27-20(13-18-7-4-3-5-8-18)21(30)15-29(14-19-9-6-12-35-19)36(33,34)24-16-28(2)17-26-24/h3-5,7-8,16-17,19-21,30H,6,9-15H2,1-2H3,(H,25,31)(H,27,32)/t19-,20?,21?/m1/s1. The summed E-state index contributed by atoms with van der Waals surface area (Å²) in [5.74, 6) is -0.675. The number of hydrogen-bond acceptors (Lipinski definition) is 7. The molecule has 11 nitrogen and oxygen atoms in total. The van der Waals surface area contributed by atoms with Gasteiger partial charge in [-0.3, -0.25) is 9.59 Å². The fourth-order valence-corrected chi connectivity index (χ4v) is 5.51. The molecule has 0 bridgehead atoms. The molecule has 1 aliphatic heterocycles. The molecule has 2 aromatic rings. The molecule has 0 saturated carbocycles. The van der Waals surface area contributed by atoms with Crippen LogP contribution < -0.4 is 10.6 Å². The van der Waals surface area contributed by atoms with E-state index in [1.807, 2.05) is 30.3 Å². The molecule has 1 fully saturated rings. The summed E-state index contributed by atoms with van der Waals surface area (Å²) in [5, 5.41) is 16.4. The van der Waals surface area contributed by atoms with Crippen LogP contribution >= 0.6 is 0 Å². The molecule has 2 heterocycles. The van der Waals surface area contributed by atoms with Crippen molar-refractivity contribution in [2.45, 2.75) is 55.4 Å². The largest absolute Gasteiger partial charge is 0.390 e. The van der Waals surface area contributed by atoms with Crippen LogP contribution in [0.3, 0.4) is 0 Å². The summed E-state index contributed by atoms with van der Waals surface area (Å²) in [4.78, 5) is 28.1. The Morgan fingerprint density at radius 1 is 1.25 bits per heavy atom. The molecule has 1 aliphatic rings. The van der Waals surface area contributed by atoms with Gasteiger partial charge in [0.15, 0.2) is 5.03 Å². The van der Waals surface area contributed by atoms with Crippen LogP contribution in [0.15, 0.2) is 47.9 Å². The van der Waals surface area contributed by atoms with Crippen LogP contribution in [-0.2, 0) is 37.8 Å². The Hall–Kier alpha value is -2.80. The summed E-state index contributed by atoms with van der Waals surface area (Å²) < 4.78 is 35.3. The number of hydrogen-bond donors (Lipinski definition) is 3. The molecule has 198 valence electrons. The number of carbonyl (C=O) groups is 2. The van der Waals surface area contributed by atoms with E-state index in [0.717, 1.165) is 12.0 Å². The molecule has 0 spiro atoms. The van der Waals surface area contributed by atoms with Crippen molar-refractivity contribution in [1.29, 1.82) is 0 Å². The molecule has 3 atom stereocenters. The minimum Gasteiger partial charge on any atom is -0.390 e. The number of aryl methyl sites for hydroxylation is 1. The molecule has 12 heteroatoms. The van der Waals surface area contributed by atoms with Crippen LogP contribution in [-0.4, -0.2) is 84.2 Å². The van der Waals surface area contributed by atoms with Gasteiger partial charge >= 0.3 is 0 Å².